The molecule has 0 atom stereocenters. The van der Waals surface area contributed by atoms with E-state index >= 15 is 0 Å². The minimum absolute atomic E-state index is 0.155. The lowest BCUT2D eigenvalue weighted by molar-refractivity contribution is 0.128. The van der Waals surface area contributed by atoms with Gasteiger partial charge in [0.2, 0.25) is 0 Å². The third-order valence-corrected chi connectivity index (χ3v) is 2.89. The van der Waals surface area contributed by atoms with Crippen LogP contribution < -0.4 is 4.74 Å². The molecule has 21 heavy (non-hydrogen) atoms. The second-order valence-corrected chi connectivity index (χ2v) is 5.21. The molecule has 0 aliphatic rings. The van der Waals surface area contributed by atoms with Crippen molar-refractivity contribution in [1.82, 2.24) is 9.97 Å². The minimum atomic E-state index is 0.155. The highest BCUT2D eigenvalue weighted by Gasteiger charge is 2.06. The fraction of sp³-hybridized carbons (Fsp3) is 0.375. The molecule has 0 unspecified atom stereocenters. The summed E-state index contributed by atoms with van der Waals surface area (Å²) in [5.74, 6) is 1.42. The molecule has 0 amide bonds. The number of aromatic nitrogens is 2. The van der Waals surface area contributed by atoms with Crippen LogP contribution in [0.4, 0.5) is 0 Å². The molecule has 0 spiro atoms. The fourth-order valence-electron chi connectivity index (χ4n) is 1.85. The number of rotatable bonds is 6. The lowest BCUT2D eigenvalue weighted by Gasteiger charge is -2.10. The van der Waals surface area contributed by atoms with E-state index in [1.54, 1.807) is 6.07 Å². The number of hydrogen-bond acceptors (Lipinski definition) is 4. The number of halogens is 1. The van der Waals surface area contributed by atoms with Gasteiger partial charge in [-0.2, -0.15) is 0 Å². The summed E-state index contributed by atoms with van der Waals surface area (Å²) in [7, 11) is 0. The van der Waals surface area contributed by atoms with E-state index in [9.17, 15) is 0 Å². The first-order valence-electron chi connectivity index (χ1n) is 6.96. The van der Waals surface area contributed by atoms with Crippen molar-refractivity contribution in [1.29, 1.82) is 0 Å². The summed E-state index contributed by atoms with van der Waals surface area (Å²) in [4.78, 5) is 8.63. The van der Waals surface area contributed by atoms with Gasteiger partial charge in [0.05, 0.1) is 11.8 Å². The Morgan fingerprint density at radius 2 is 1.86 bits per heavy atom. The highest BCUT2D eigenvalue weighted by molar-refractivity contribution is 6.29. The summed E-state index contributed by atoms with van der Waals surface area (Å²) in [6.07, 6.45) is 0.155. The van der Waals surface area contributed by atoms with Crippen LogP contribution in [-0.2, 0) is 11.3 Å². The Kier molecular flexibility index (Phi) is 5.53. The van der Waals surface area contributed by atoms with E-state index in [1.807, 2.05) is 45.0 Å². The van der Waals surface area contributed by atoms with Gasteiger partial charge in [0, 0.05) is 18.2 Å². The first-order chi connectivity index (χ1) is 10.1. The maximum absolute atomic E-state index is 6.05. The Labute approximate surface area is 130 Å². The van der Waals surface area contributed by atoms with Gasteiger partial charge in [0.25, 0.3) is 0 Å². The average molecular weight is 307 g/mol. The van der Waals surface area contributed by atoms with Crippen molar-refractivity contribution in [3.63, 3.8) is 0 Å². The smallest absolute Gasteiger partial charge is 0.156 e. The Balaban J connectivity index is 2.22. The van der Waals surface area contributed by atoms with Crippen LogP contribution >= 0.6 is 11.6 Å². The van der Waals surface area contributed by atoms with Gasteiger partial charge in [-0.15, -0.1) is 0 Å². The molecule has 0 radical (unpaired) electrons. The Morgan fingerprint density at radius 1 is 1.14 bits per heavy atom. The second-order valence-electron chi connectivity index (χ2n) is 4.82. The van der Waals surface area contributed by atoms with Gasteiger partial charge in [-0.05, 0) is 45.0 Å². The molecular formula is C16H19ClN2O2. The van der Waals surface area contributed by atoms with Crippen molar-refractivity contribution >= 4 is 11.6 Å². The quantitative estimate of drug-likeness (QED) is 0.753. The lowest BCUT2D eigenvalue weighted by Crippen LogP contribution is -2.05. The third-order valence-electron chi connectivity index (χ3n) is 2.70. The van der Waals surface area contributed by atoms with E-state index in [1.165, 1.54) is 0 Å². The maximum Gasteiger partial charge on any atom is 0.156 e. The Morgan fingerprint density at radius 3 is 2.48 bits per heavy atom. The van der Waals surface area contributed by atoms with Gasteiger partial charge in [-0.25, -0.2) is 9.97 Å². The number of ether oxygens (including phenoxy) is 2. The van der Waals surface area contributed by atoms with Crippen LogP contribution in [0, 0.1) is 0 Å². The van der Waals surface area contributed by atoms with Crippen LogP contribution in [0.25, 0.3) is 11.3 Å². The van der Waals surface area contributed by atoms with Crippen LogP contribution in [0.5, 0.6) is 5.75 Å². The molecule has 1 aromatic heterocycles. The van der Waals surface area contributed by atoms with E-state index in [2.05, 4.69) is 9.97 Å². The highest BCUT2D eigenvalue weighted by atomic mass is 35.5. The first-order valence-corrected chi connectivity index (χ1v) is 7.34. The molecule has 2 rings (SSSR count). The molecule has 5 heteroatoms. The van der Waals surface area contributed by atoms with Gasteiger partial charge in [-0.3, -0.25) is 0 Å². The molecule has 112 valence electrons. The van der Waals surface area contributed by atoms with Gasteiger partial charge in [0.15, 0.2) is 5.82 Å². The van der Waals surface area contributed by atoms with Crippen molar-refractivity contribution < 1.29 is 9.47 Å². The van der Waals surface area contributed by atoms with Crippen molar-refractivity contribution in [3.8, 4) is 17.0 Å². The molecule has 0 saturated carbocycles. The zero-order chi connectivity index (χ0) is 15.2. The summed E-state index contributed by atoms with van der Waals surface area (Å²) in [5.41, 5.74) is 1.74. The van der Waals surface area contributed by atoms with E-state index in [-0.39, 0.29) is 6.10 Å². The highest BCUT2D eigenvalue weighted by Crippen LogP contribution is 2.23. The van der Waals surface area contributed by atoms with E-state index in [4.69, 9.17) is 21.1 Å². The standard InChI is InChI=1S/C16H19ClN2O2/c1-4-20-10-16-18-14(9-15(17)19-16)12-5-7-13(8-6-12)21-11(2)3/h5-9,11H,4,10H2,1-3H3. The van der Waals surface area contributed by atoms with Gasteiger partial charge in [0.1, 0.15) is 17.5 Å². The fourth-order valence-corrected chi connectivity index (χ4v) is 2.05. The third kappa shape index (κ3) is 4.69. The Hall–Kier alpha value is -1.65. The van der Waals surface area contributed by atoms with Crippen LogP contribution in [0.2, 0.25) is 5.15 Å². The number of benzene rings is 1. The van der Waals surface area contributed by atoms with Gasteiger partial charge >= 0.3 is 0 Å². The zero-order valence-electron chi connectivity index (χ0n) is 12.5. The molecule has 1 heterocycles. The summed E-state index contributed by atoms with van der Waals surface area (Å²) in [6.45, 7) is 6.90. The summed E-state index contributed by atoms with van der Waals surface area (Å²) in [6, 6.07) is 9.51. The number of hydrogen-bond donors (Lipinski definition) is 0. The van der Waals surface area contributed by atoms with Crippen molar-refractivity contribution in [2.45, 2.75) is 33.5 Å². The molecule has 4 nitrogen and oxygen atoms in total. The van der Waals surface area contributed by atoms with Crippen LogP contribution in [0.3, 0.4) is 0 Å². The topological polar surface area (TPSA) is 44.2 Å². The van der Waals surface area contributed by atoms with Crippen molar-refractivity contribution in [2.75, 3.05) is 6.61 Å². The van der Waals surface area contributed by atoms with Crippen LogP contribution in [0.15, 0.2) is 30.3 Å². The second kappa shape index (κ2) is 7.38. The minimum Gasteiger partial charge on any atom is -0.491 e. The van der Waals surface area contributed by atoms with Crippen molar-refractivity contribution in [2.24, 2.45) is 0 Å². The first kappa shape index (κ1) is 15.7. The molecule has 0 fully saturated rings. The molecule has 0 aliphatic heterocycles. The predicted molar refractivity (Wildman–Crippen MR) is 83.6 cm³/mol. The molecule has 2 aromatic rings. The monoisotopic (exact) mass is 306 g/mol. The molecule has 0 aliphatic carbocycles. The van der Waals surface area contributed by atoms with Gasteiger partial charge < -0.3 is 9.47 Å². The normalized spacial score (nSPS) is 10.9. The molecule has 0 bridgehead atoms. The molecule has 1 aromatic carbocycles. The summed E-state index contributed by atoms with van der Waals surface area (Å²) >= 11 is 6.05. The SMILES string of the molecule is CCOCc1nc(Cl)cc(-c2ccc(OC(C)C)cc2)n1. The Bertz CT molecular complexity index is 585. The van der Waals surface area contributed by atoms with E-state index in [0.29, 0.717) is 24.2 Å². The van der Waals surface area contributed by atoms with E-state index in [0.717, 1.165) is 17.0 Å². The lowest BCUT2D eigenvalue weighted by atomic mass is 10.1. The average Bonchev–Trinajstić information content (AvgIpc) is 2.44. The summed E-state index contributed by atoms with van der Waals surface area (Å²) in [5, 5.41) is 0.414. The molecule has 0 saturated heterocycles. The predicted octanol–water partition coefficient (Wildman–Crippen LogP) is 4.12. The zero-order valence-corrected chi connectivity index (χ0v) is 13.2. The molecular weight excluding hydrogens is 288 g/mol. The molecule has 0 N–H and O–H groups in total. The van der Waals surface area contributed by atoms with Gasteiger partial charge in [-0.1, -0.05) is 11.6 Å². The van der Waals surface area contributed by atoms with E-state index < -0.39 is 0 Å². The van der Waals surface area contributed by atoms with Crippen LogP contribution in [-0.4, -0.2) is 22.7 Å². The largest absolute Gasteiger partial charge is 0.491 e. The maximum atomic E-state index is 6.05. The summed E-state index contributed by atoms with van der Waals surface area (Å²) < 4.78 is 11.0. The number of nitrogens with zero attached hydrogens (tertiary/aromatic N) is 2. The van der Waals surface area contributed by atoms with Crippen LogP contribution in [0.1, 0.15) is 26.6 Å². The van der Waals surface area contributed by atoms with Crippen molar-refractivity contribution in [3.05, 3.63) is 41.3 Å².